The number of thiophene rings is 1. The Balaban J connectivity index is 0.000000157. The van der Waals surface area contributed by atoms with E-state index in [0.29, 0.717) is 22.3 Å². The van der Waals surface area contributed by atoms with Crippen molar-refractivity contribution in [1.29, 1.82) is 0 Å². The number of aryl methyl sites for hydroxylation is 2. The first kappa shape index (κ1) is 23.6. The Morgan fingerprint density at radius 2 is 1.53 bits per heavy atom. The van der Waals surface area contributed by atoms with Gasteiger partial charge in [-0.1, -0.05) is 41.9 Å². The van der Waals surface area contributed by atoms with Crippen LogP contribution in [0.4, 0.5) is 11.6 Å². The van der Waals surface area contributed by atoms with E-state index < -0.39 is 0 Å². The summed E-state index contributed by atoms with van der Waals surface area (Å²) in [7, 11) is 3.64. The molecule has 5 aromatic heterocycles. The molecule has 0 saturated heterocycles. The van der Waals surface area contributed by atoms with E-state index in [2.05, 4.69) is 73.2 Å². The lowest BCUT2D eigenvalue weighted by Gasteiger charge is -2.06. The summed E-state index contributed by atoms with van der Waals surface area (Å²) < 4.78 is 3.95. The van der Waals surface area contributed by atoms with Gasteiger partial charge in [0, 0.05) is 42.8 Å². The molecule has 0 aliphatic heterocycles. The quantitative estimate of drug-likeness (QED) is 0.296. The van der Waals surface area contributed by atoms with Crippen LogP contribution in [0.5, 0.6) is 0 Å². The molecule has 0 aliphatic carbocycles. The van der Waals surface area contributed by atoms with Crippen LogP contribution in [0.2, 0.25) is 5.15 Å². The van der Waals surface area contributed by atoms with E-state index in [4.69, 9.17) is 23.0 Å². The van der Waals surface area contributed by atoms with Gasteiger partial charge in [-0.05, 0) is 31.4 Å². The van der Waals surface area contributed by atoms with Gasteiger partial charge in [-0.15, -0.1) is 17.8 Å². The molecule has 0 spiro atoms. The highest BCUT2D eigenvalue weighted by molar-refractivity contribution is 7.21. The zero-order valence-corrected chi connectivity index (χ0v) is 21.7. The molecule has 0 fully saturated rings. The number of fused-ring (bicyclic) bond motifs is 4. The summed E-state index contributed by atoms with van der Waals surface area (Å²) in [6.45, 7) is 3.98. The summed E-state index contributed by atoms with van der Waals surface area (Å²) in [5.41, 5.74) is 6.23. The molecule has 0 amide bonds. The molecule has 2 N–H and O–H groups in total. The van der Waals surface area contributed by atoms with E-state index in [-0.39, 0.29) is 0 Å². The first-order valence-electron chi connectivity index (χ1n) is 11.2. The van der Waals surface area contributed by atoms with Crippen LogP contribution in [-0.2, 0) is 0 Å². The molecule has 1 aromatic carbocycles. The zero-order chi connectivity index (χ0) is 25.4. The Hall–Kier alpha value is -4.13. The Morgan fingerprint density at radius 1 is 0.917 bits per heavy atom. The van der Waals surface area contributed by atoms with Gasteiger partial charge in [0.25, 0.3) is 0 Å². The molecule has 10 heteroatoms. The molecule has 0 aliphatic rings. The van der Waals surface area contributed by atoms with Gasteiger partial charge < -0.3 is 10.6 Å². The molecular weight excluding hydrogens is 492 g/mol. The average molecular weight is 515 g/mol. The summed E-state index contributed by atoms with van der Waals surface area (Å²) >= 11 is 7.86. The fraction of sp³-hybridized carbons (Fsp3) is 0.154. The smallest absolute Gasteiger partial charge is 0.181 e. The van der Waals surface area contributed by atoms with Crippen molar-refractivity contribution >= 4 is 56.2 Å². The number of hydrogen-bond acceptors (Lipinski definition) is 7. The molecule has 0 atom stereocenters. The molecule has 0 unspecified atom stereocenters. The lowest BCUT2D eigenvalue weighted by atomic mass is 10.2. The van der Waals surface area contributed by atoms with E-state index in [0.717, 1.165) is 33.2 Å². The molecule has 0 bridgehead atoms. The number of terminal acetylenes is 1. The lowest BCUT2D eigenvalue weighted by Crippen LogP contribution is -2.02. The minimum absolute atomic E-state index is 0.412. The Bertz CT molecular complexity index is 1760. The molecule has 5 heterocycles. The standard InChI is InChI=1S/C16H14N4S.C10H9ClN4/c1-10-9-18-15-14(17-2)19-12-8-13(21-16(12)20(10)15)11-6-4-3-5-7-11;1-4-7-8(11)15-6(2)5-13-10(15)9(12-3)14-7/h3-9H,1-2H3,(H,17,19);1,5H,2-3H3,(H,12,14). The third-order valence-electron chi connectivity index (χ3n) is 5.71. The van der Waals surface area contributed by atoms with Crippen LogP contribution in [0.15, 0.2) is 48.8 Å². The second-order valence-electron chi connectivity index (χ2n) is 7.99. The highest BCUT2D eigenvalue weighted by Crippen LogP contribution is 2.35. The summed E-state index contributed by atoms with van der Waals surface area (Å²) in [4.78, 5) is 19.9. The number of imidazole rings is 2. The molecule has 8 nitrogen and oxygen atoms in total. The Kier molecular flexibility index (Phi) is 6.22. The number of nitrogens with one attached hydrogen (secondary N) is 2. The maximum atomic E-state index is 6.11. The highest BCUT2D eigenvalue weighted by atomic mass is 35.5. The summed E-state index contributed by atoms with van der Waals surface area (Å²) in [5, 5.41) is 6.49. The van der Waals surface area contributed by atoms with Crippen LogP contribution in [0.25, 0.3) is 32.1 Å². The van der Waals surface area contributed by atoms with Crippen molar-refractivity contribution in [2.75, 3.05) is 24.7 Å². The van der Waals surface area contributed by atoms with Gasteiger partial charge in [-0.25, -0.2) is 19.9 Å². The van der Waals surface area contributed by atoms with Gasteiger partial charge in [0.2, 0.25) is 0 Å². The number of rotatable bonds is 3. The number of benzene rings is 1. The van der Waals surface area contributed by atoms with Crippen LogP contribution >= 0.6 is 22.9 Å². The van der Waals surface area contributed by atoms with Crippen molar-refractivity contribution in [2.24, 2.45) is 0 Å². The van der Waals surface area contributed by atoms with E-state index in [1.807, 2.05) is 26.2 Å². The normalized spacial score (nSPS) is 10.9. The van der Waals surface area contributed by atoms with Gasteiger partial charge in [0.1, 0.15) is 15.5 Å². The molecule has 180 valence electrons. The van der Waals surface area contributed by atoms with Crippen LogP contribution < -0.4 is 10.6 Å². The molecular formula is C26H23ClN8S. The van der Waals surface area contributed by atoms with E-state index in [1.54, 1.807) is 29.0 Å². The van der Waals surface area contributed by atoms with Crippen LogP contribution in [0.1, 0.15) is 17.1 Å². The van der Waals surface area contributed by atoms with Crippen molar-refractivity contribution in [3.05, 3.63) is 71.0 Å². The van der Waals surface area contributed by atoms with Gasteiger partial charge >= 0.3 is 0 Å². The molecule has 6 aromatic rings. The first-order valence-corrected chi connectivity index (χ1v) is 12.3. The van der Waals surface area contributed by atoms with Crippen molar-refractivity contribution in [1.82, 2.24) is 28.7 Å². The highest BCUT2D eigenvalue weighted by Gasteiger charge is 2.15. The Morgan fingerprint density at radius 3 is 2.17 bits per heavy atom. The number of anilines is 2. The van der Waals surface area contributed by atoms with Crippen LogP contribution in [0.3, 0.4) is 0 Å². The number of aromatic nitrogens is 6. The number of halogens is 1. The average Bonchev–Trinajstić information content (AvgIpc) is 3.62. The Labute approximate surface area is 217 Å². The summed E-state index contributed by atoms with van der Waals surface area (Å²) in [5.74, 6) is 3.89. The third-order valence-corrected chi connectivity index (χ3v) is 7.22. The molecule has 6 rings (SSSR count). The van der Waals surface area contributed by atoms with E-state index >= 15 is 0 Å². The zero-order valence-electron chi connectivity index (χ0n) is 20.2. The molecule has 0 radical (unpaired) electrons. The van der Waals surface area contributed by atoms with Crippen molar-refractivity contribution in [2.45, 2.75) is 13.8 Å². The largest absolute Gasteiger partial charge is 0.370 e. The lowest BCUT2D eigenvalue weighted by molar-refractivity contribution is 1.06. The second kappa shape index (κ2) is 9.49. The fourth-order valence-electron chi connectivity index (χ4n) is 3.98. The summed E-state index contributed by atoms with van der Waals surface area (Å²) in [6, 6.07) is 12.6. The van der Waals surface area contributed by atoms with Crippen LogP contribution in [-0.4, -0.2) is 42.8 Å². The minimum atomic E-state index is 0.412. The topological polar surface area (TPSA) is 84.4 Å². The maximum Gasteiger partial charge on any atom is 0.181 e. The van der Waals surface area contributed by atoms with Gasteiger partial charge in [0.05, 0.1) is 0 Å². The van der Waals surface area contributed by atoms with Crippen molar-refractivity contribution in [3.8, 4) is 22.8 Å². The maximum absolute atomic E-state index is 6.11. The van der Waals surface area contributed by atoms with Crippen molar-refractivity contribution < 1.29 is 0 Å². The number of nitrogens with zero attached hydrogens (tertiary/aromatic N) is 6. The van der Waals surface area contributed by atoms with E-state index in [9.17, 15) is 0 Å². The van der Waals surface area contributed by atoms with Crippen LogP contribution in [0, 0.1) is 26.2 Å². The molecule has 36 heavy (non-hydrogen) atoms. The predicted molar refractivity (Wildman–Crippen MR) is 148 cm³/mol. The van der Waals surface area contributed by atoms with Crippen molar-refractivity contribution in [3.63, 3.8) is 0 Å². The second-order valence-corrected chi connectivity index (χ2v) is 9.38. The third kappa shape index (κ3) is 3.90. The van der Waals surface area contributed by atoms with Gasteiger partial charge in [0.15, 0.2) is 28.6 Å². The summed E-state index contributed by atoms with van der Waals surface area (Å²) in [6.07, 6.45) is 8.94. The number of hydrogen-bond donors (Lipinski definition) is 2. The molecule has 0 saturated carbocycles. The SMILES string of the molecule is C#Cc1nc(NC)c2ncc(C)n2c1Cl.CNc1nc2cc(-c3ccccc3)sc2n2c(C)cnc12. The fourth-order valence-corrected chi connectivity index (χ4v) is 5.45. The first-order chi connectivity index (χ1) is 17.5. The monoisotopic (exact) mass is 514 g/mol. The minimum Gasteiger partial charge on any atom is -0.370 e. The van der Waals surface area contributed by atoms with Gasteiger partial charge in [-0.2, -0.15) is 0 Å². The van der Waals surface area contributed by atoms with E-state index in [1.165, 1.54) is 10.4 Å². The predicted octanol–water partition coefficient (Wildman–Crippen LogP) is 5.68. The van der Waals surface area contributed by atoms with Gasteiger partial charge in [-0.3, -0.25) is 8.80 Å².